The lowest BCUT2D eigenvalue weighted by molar-refractivity contribution is 0.355. The SMILES string of the molecule is COc1cc2cc(/C=C/c3ccc(N(C)C)cc3)oc2cc1OC. The zero-order chi connectivity index (χ0) is 17.1. The van der Waals surface area contributed by atoms with Gasteiger partial charge in [-0.2, -0.15) is 0 Å². The van der Waals surface area contributed by atoms with E-state index in [1.165, 1.54) is 5.69 Å². The number of hydrogen-bond acceptors (Lipinski definition) is 4. The van der Waals surface area contributed by atoms with E-state index < -0.39 is 0 Å². The molecule has 0 aliphatic rings. The molecule has 0 aliphatic carbocycles. The second-order valence-corrected chi connectivity index (χ2v) is 5.71. The molecule has 1 aromatic heterocycles. The highest BCUT2D eigenvalue weighted by Gasteiger charge is 2.09. The third-order valence-electron chi connectivity index (χ3n) is 3.89. The van der Waals surface area contributed by atoms with Gasteiger partial charge in [-0.1, -0.05) is 18.2 Å². The Labute approximate surface area is 141 Å². The van der Waals surface area contributed by atoms with Gasteiger partial charge in [-0.3, -0.25) is 0 Å². The first-order chi connectivity index (χ1) is 11.6. The zero-order valence-electron chi connectivity index (χ0n) is 14.4. The lowest BCUT2D eigenvalue weighted by Crippen LogP contribution is -2.07. The van der Waals surface area contributed by atoms with Gasteiger partial charge in [0.1, 0.15) is 11.3 Å². The summed E-state index contributed by atoms with van der Waals surface area (Å²) < 4.78 is 16.5. The number of benzene rings is 2. The topological polar surface area (TPSA) is 34.8 Å². The molecule has 4 heteroatoms. The molecule has 0 unspecified atom stereocenters. The predicted octanol–water partition coefficient (Wildman–Crippen LogP) is 4.69. The molecule has 0 bridgehead atoms. The van der Waals surface area contributed by atoms with Gasteiger partial charge in [0.2, 0.25) is 0 Å². The largest absolute Gasteiger partial charge is 0.493 e. The number of methoxy groups -OCH3 is 2. The number of ether oxygens (including phenoxy) is 2. The minimum absolute atomic E-state index is 0.661. The molecule has 0 aliphatic heterocycles. The van der Waals surface area contributed by atoms with Gasteiger partial charge in [-0.15, -0.1) is 0 Å². The van der Waals surface area contributed by atoms with Crippen molar-refractivity contribution in [2.24, 2.45) is 0 Å². The van der Waals surface area contributed by atoms with Crippen LogP contribution in [0.2, 0.25) is 0 Å². The lowest BCUT2D eigenvalue weighted by Gasteiger charge is -2.11. The molecule has 3 aromatic rings. The van der Waals surface area contributed by atoms with Crippen molar-refractivity contribution in [1.82, 2.24) is 0 Å². The monoisotopic (exact) mass is 323 g/mol. The van der Waals surface area contributed by atoms with Crippen molar-refractivity contribution in [2.45, 2.75) is 0 Å². The highest BCUT2D eigenvalue weighted by Crippen LogP contribution is 2.34. The fourth-order valence-corrected chi connectivity index (χ4v) is 2.53. The Kier molecular flexibility index (Phi) is 4.47. The van der Waals surface area contributed by atoms with Crippen LogP contribution in [0, 0.1) is 0 Å². The Balaban J connectivity index is 1.86. The summed E-state index contributed by atoms with van der Waals surface area (Å²) in [6.07, 6.45) is 4.00. The van der Waals surface area contributed by atoms with E-state index in [1.807, 2.05) is 44.4 Å². The molecule has 2 aromatic carbocycles. The van der Waals surface area contributed by atoms with Gasteiger partial charge in [0.25, 0.3) is 0 Å². The van der Waals surface area contributed by atoms with Gasteiger partial charge in [0.15, 0.2) is 11.5 Å². The first kappa shape index (κ1) is 16.0. The standard InChI is InChI=1S/C20H21NO3/c1-21(2)16-8-5-14(6-9-16)7-10-17-11-15-12-19(22-3)20(23-4)13-18(15)24-17/h5-13H,1-4H3/b10-7+. The second kappa shape index (κ2) is 6.71. The van der Waals surface area contributed by atoms with Crippen LogP contribution >= 0.6 is 0 Å². The molecule has 124 valence electrons. The quantitative estimate of drug-likeness (QED) is 0.682. The van der Waals surface area contributed by atoms with Crippen LogP contribution in [-0.2, 0) is 0 Å². The first-order valence-electron chi connectivity index (χ1n) is 7.72. The average molecular weight is 323 g/mol. The third kappa shape index (κ3) is 3.23. The minimum atomic E-state index is 0.661. The smallest absolute Gasteiger partial charge is 0.164 e. The molecular weight excluding hydrogens is 302 g/mol. The molecule has 0 amide bonds. The Morgan fingerprint density at radius 2 is 1.54 bits per heavy atom. The van der Waals surface area contributed by atoms with E-state index >= 15 is 0 Å². The van der Waals surface area contributed by atoms with E-state index in [4.69, 9.17) is 13.9 Å². The van der Waals surface area contributed by atoms with Gasteiger partial charge in [-0.25, -0.2) is 0 Å². The first-order valence-corrected chi connectivity index (χ1v) is 7.72. The summed E-state index contributed by atoms with van der Waals surface area (Å²) in [6.45, 7) is 0. The average Bonchev–Trinajstić information content (AvgIpc) is 3.00. The minimum Gasteiger partial charge on any atom is -0.493 e. The van der Waals surface area contributed by atoms with Gasteiger partial charge in [0.05, 0.1) is 14.2 Å². The number of hydrogen-bond donors (Lipinski definition) is 0. The van der Waals surface area contributed by atoms with Crippen LogP contribution in [-0.4, -0.2) is 28.3 Å². The maximum absolute atomic E-state index is 5.86. The molecule has 0 N–H and O–H groups in total. The van der Waals surface area contributed by atoms with Crippen LogP contribution < -0.4 is 14.4 Å². The number of nitrogens with zero attached hydrogens (tertiary/aromatic N) is 1. The summed E-state index contributed by atoms with van der Waals surface area (Å²) in [5.41, 5.74) is 3.07. The van der Waals surface area contributed by atoms with Crippen molar-refractivity contribution < 1.29 is 13.9 Å². The second-order valence-electron chi connectivity index (χ2n) is 5.71. The van der Waals surface area contributed by atoms with Crippen LogP contribution in [0.4, 0.5) is 5.69 Å². The third-order valence-corrected chi connectivity index (χ3v) is 3.89. The molecule has 24 heavy (non-hydrogen) atoms. The van der Waals surface area contributed by atoms with Gasteiger partial charge >= 0.3 is 0 Å². The van der Waals surface area contributed by atoms with E-state index in [2.05, 4.69) is 29.2 Å². The number of fused-ring (bicyclic) bond motifs is 1. The van der Waals surface area contributed by atoms with E-state index in [-0.39, 0.29) is 0 Å². The van der Waals surface area contributed by atoms with Crippen LogP contribution in [0.5, 0.6) is 11.5 Å². The van der Waals surface area contributed by atoms with E-state index in [0.717, 1.165) is 22.3 Å². The van der Waals surface area contributed by atoms with E-state index in [0.29, 0.717) is 11.5 Å². The Hall–Kier alpha value is -2.88. The van der Waals surface area contributed by atoms with Crippen molar-refractivity contribution in [3.63, 3.8) is 0 Å². The highest BCUT2D eigenvalue weighted by atomic mass is 16.5. The molecular formula is C20H21NO3. The molecule has 1 heterocycles. The van der Waals surface area contributed by atoms with Gasteiger partial charge in [0, 0.05) is 31.2 Å². The molecule has 4 nitrogen and oxygen atoms in total. The molecule has 0 spiro atoms. The number of rotatable bonds is 5. The molecule has 0 saturated heterocycles. The van der Waals surface area contributed by atoms with E-state index in [1.54, 1.807) is 14.2 Å². The van der Waals surface area contributed by atoms with Crippen LogP contribution in [0.1, 0.15) is 11.3 Å². The highest BCUT2D eigenvalue weighted by molar-refractivity contribution is 5.85. The maximum atomic E-state index is 5.86. The van der Waals surface area contributed by atoms with Crippen molar-refractivity contribution in [2.75, 3.05) is 33.2 Å². The van der Waals surface area contributed by atoms with Crippen molar-refractivity contribution >= 4 is 28.8 Å². The fraction of sp³-hybridized carbons (Fsp3) is 0.200. The maximum Gasteiger partial charge on any atom is 0.164 e. The van der Waals surface area contributed by atoms with Crippen molar-refractivity contribution in [1.29, 1.82) is 0 Å². The summed E-state index contributed by atoms with van der Waals surface area (Å²) in [4.78, 5) is 2.08. The molecule has 0 radical (unpaired) electrons. The summed E-state index contributed by atoms with van der Waals surface area (Å²) in [7, 11) is 7.30. The summed E-state index contributed by atoms with van der Waals surface area (Å²) in [5.74, 6) is 2.15. The van der Waals surface area contributed by atoms with E-state index in [9.17, 15) is 0 Å². The summed E-state index contributed by atoms with van der Waals surface area (Å²) in [5, 5.41) is 0.982. The lowest BCUT2D eigenvalue weighted by atomic mass is 10.1. The Morgan fingerprint density at radius 1 is 0.875 bits per heavy atom. The Morgan fingerprint density at radius 3 is 2.17 bits per heavy atom. The zero-order valence-corrected chi connectivity index (χ0v) is 14.4. The summed E-state index contributed by atoms with van der Waals surface area (Å²) >= 11 is 0. The van der Waals surface area contributed by atoms with Crippen molar-refractivity contribution in [3.8, 4) is 11.5 Å². The molecule has 3 rings (SSSR count). The Bertz CT molecular complexity index is 819. The predicted molar refractivity (Wildman–Crippen MR) is 99.0 cm³/mol. The normalized spacial score (nSPS) is 11.2. The van der Waals surface area contributed by atoms with Gasteiger partial charge in [-0.05, 0) is 35.9 Å². The van der Waals surface area contributed by atoms with Gasteiger partial charge < -0.3 is 18.8 Å². The number of furan rings is 1. The molecule has 0 fully saturated rings. The summed E-state index contributed by atoms with van der Waals surface area (Å²) in [6, 6.07) is 14.1. The van der Waals surface area contributed by atoms with Crippen molar-refractivity contribution in [3.05, 3.63) is 53.8 Å². The number of anilines is 1. The van der Waals surface area contributed by atoms with Crippen LogP contribution in [0.15, 0.2) is 46.9 Å². The molecule has 0 saturated carbocycles. The van der Waals surface area contributed by atoms with Crippen LogP contribution in [0.25, 0.3) is 23.1 Å². The molecule has 0 atom stereocenters. The van der Waals surface area contributed by atoms with Crippen LogP contribution in [0.3, 0.4) is 0 Å². The fourth-order valence-electron chi connectivity index (χ4n) is 2.53.